The molecule has 0 bridgehead atoms. The molecule has 0 saturated carbocycles. The minimum Gasteiger partial charge on any atom is -0.406 e. The van der Waals surface area contributed by atoms with Gasteiger partial charge in [0, 0.05) is 31.5 Å². The van der Waals surface area contributed by atoms with Crippen LogP contribution in [0.4, 0.5) is 28.0 Å². The molecule has 1 fully saturated rings. The van der Waals surface area contributed by atoms with Gasteiger partial charge in [-0.15, -0.1) is 24.5 Å². The lowest BCUT2D eigenvalue weighted by atomic mass is 10.0. The van der Waals surface area contributed by atoms with E-state index < -0.39 is 53.5 Å². The quantitative estimate of drug-likeness (QED) is 0.510. The van der Waals surface area contributed by atoms with Crippen LogP contribution in [0.25, 0.3) is 0 Å². The molecule has 0 spiro atoms. The third-order valence-electron chi connectivity index (χ3n) is 5.20. The Bertz CT molecular complexity index is 1200. The van der Waals surface area contributed by atoms with Crippen molar-refractivity contribution in [1.29, 1.82) is 0 Å². The first-order chi connectivity index (χ1) is 15.9. The van der Waals surface area contributed by atoms with Gasteiger partial charge in [-0.1, -0.05) is 0 Å². The van der Waals surface area contributed by atoms with E-state index in [9.17, 15) is 36.7 Å². The number of nitrogens with one attached hydrogen (secondary N) is 1. The molecule has 180 valence electrons. The van der Waals surface area contributed by atoms with Crippen LogP contribution < -0.4 is 19.7 Å². The van der Waals surface area contributed by atoms with Gasteiger partial charge in [0.2, 0.25) is 11.8 Å². The molecule has 1 N–H and O–H groups in total. The fourth-order valence-corrected chi connectivity index (χ4v) is 4.51. The van der Waals surface area contributed by atoms with Gasteiger partial charge in [-0.05, 0) is 24.1 Å². The molecular weight excluding hydrogens is 486 g/mol. The normalized spacial score (nSPS) is 18.0. The van der Waals surface area contributed by atoms with Crippen LogP contribution in [0.2, 0.25) is 0 Å². The Hall–Kier alpha value is -3.68. The zero-order valence-corrected chi connectivity index (χ0v) is 18.1. The molecule has 0 radical (unpaired) electrons. The number of carbonyl (C=O) groups excluding carboxylic acids is 4. The topological polar surface area (TPSA) is 105 Å². The van der Waals surface area contributed by atoms with Crippen molar-refractivity contribution < 1.29 is 46.2 Å². The van der Waals surface area contributed by atoms with Crippen LogP contribution in [0.15, 0.2) is 23.6 Å². The summed E-state index contributed by atoms with van der Waals surface area (Å²) in [7, 11) is 1.07. The maximum absolute atomic E-state index is 14.2. The Morgan fingerprint density at radius 2 is 2.00 bits per heavy atom. The lowest BCUT2D eigenvalue weighted by molar-refractivity contribution is -0.274. The van der Waals surface area contributed by atoms with Crippen LogP contribution in [0.3, 0.4) is 0 Å². The minimum absolute atomic E-state index is 0.0473. The van der Waals surface area contributed by atoms with Crippen molar-refractivity contribution in [1.82, 2.24) is 10.2 Å². The maximum atomic E-state index is 14.2. The van der Waals surface area contributed by atoms with Gasteiger partial charge in [0.1, 0.15) is 17.6 Å². The highest BCUT2D eigenvalue weighted by Gasteiger charge is 2.42. The number of alkyl halides is 3. The predicted molar refractivity (Wildman–Crippen MR) is 108 cm³/mol. The average molecular weight is 501 g/mol. The van der Waals surface area contributed by atoms with Gasteiger partial charge in [0.25, 0.3) is 5.91 Å². The number of thiophene rings is 1. The Kier molecular flexibility index (Phi) is 5.93. The van der Waals surface area contributed by atoms with Crippen molar-refractivity contribution in [3.8, 4) is 10.8 Å². The summed E-state index contributed by atoms with van der Waals surface area (Å²) >= 11 is 0.923. The van der Waals surface area contributed by atoms with Crippen LogP contribution in [0, 0.1) is 5.82 Å². The van der Waals surface area contributed by atoms with E-state index in [0.29, 0.717) is 22.6 Å². The van der Waals surface area contributed by atoms with E-state index >= 15 is 0 Å². The van der Waals surface area contributed by atoms with Crippen molar-refractivity contribution in [3.63, 3.8) is 0 Å². The van der Waals surface area contributed by atoms with E-state index in [1.165, 1.54) is 4.90 Å². The Labute approximate surface area is 192 Å². The molecule has 4 rings (SSSR count). The number of halogens is 4. The van der Waals surface area contributed by atoms with Crippen LogP contribution in [-0.2, 0) is 16.1 Å². The molecule has 1 atom stereocenters. The number of fused-ring (bicyclic) bond motifs is 1. The van der Waals surface area contributed by atoms with E-state index in [1.807, 2.05) is 0 Å². The number of piperidine rings is 1. The third-order valence-corrected chi connectivity index (χ3v) is 6.11. The molecule has 2 aliphatic heterocycles. The number of hydrogen-bond acceptors (Lipinski definition) is 7. The molecule has 3 heterocycles. The molecule has 1 aromatic heterocycles. The van der Waals surface area contributed by atoms with Crippen molar-refractivity contribution in [2.45, 2.75) is 31.8 Å². The SMILES string of the molecule is CN(C(=O)Oc1scc2c1C(=O)N(C1CCC(=O)NC1=O)C2)c1cc(OC(F)(F)F)ccc1F. The first kappa shape index (κ1) is 23.5. The van der Waals surface area contributed by atoms with Crippen LogP contribution in [-0.4, -0.2) is 48.2 Å². The molecule has 14 heteroatoms. The van der Waals surface area contributed by atoms with E-state index in [2.05, 4.69) is 10.1 Å². The number of carbonyl (C=O) groups is 4. The average Bonchev–Trinajstić information content (AvgIpc) is 3.28. The van der Waals surface area contributed by atoms with Crippen molar-refractivity contribution in [2.24, 2.45) is 0 Å². The summed E-state index contributed by atoms with van der Waals surface area (Å²) in [6.07, 6.45) is -5.96. The van der Waals surface area contributed by atoms with Gasteiger partial charge in [0.15, 0.2) is 5.06 Å². The molecule has 9 nitrogen and oxygen atoms in total. The predicted octanol–water partition coefficient (Wildman–Crippen LogP) is 3.18. The van der Waals surface area contributed by atoms with E-state index in [4.69, 9.17) is 4.74 Å². The fraction of sp³-hybridized carbons (Fsp3) is 0.300. The number of benzene rings is 1. The summed E-state index contributed by atoms with van der Waals surface area (Å²) in [4.78, 5) is 50.9. The number of hydrogen-bond donors (Lipinski definition) is 1. The molecule has 1 aromatic carbocycles. The zero-order valence-electron chi connectivity index (χ0n) is 17.3. The van der Waals surface area contributed by atoms with Crippen LogP contribution in [0.1, 0.15) is 28.8 Å². The van der Waals surface area contributed by atoms with E-state index in [-0.39, 0.29) is 30.0 Å². The van der Waals surface area contributed by atoms with E-state index in [0.717, 1.165) is 24.5 Å². The molecule has 2 aromatic rings. The Morgan fingerprint density at radius 1 is 1.26 bits per heavy atom. The molecular formula is C20H15F4N3O6S. The van der Waals surface area contributed by atoms with Crippen LogP contribution >= 0.6 is 11.3 Å². The van der Waals surface area contributed by atoms with Gasteiger partial charge >= 0.3 is 12.5 Å². The summed E-state index contributed by atoms with van der Waals surface area (Å²) in [6.45, 7) is 0.0653. The highest BCUT2D eigenvalue weighted by Crippen LogP contribution is 2.39. The highest BCUT2D eigenvalue weighted by atomic mass is 32.1. The second-order valence-electron chi connectivity index (χ2n) is 7.41. The highest BCUT2D eigenvalue weighted by molar-refractivity contribution is 7.12. The zero-order chi connectivity index (χ0) is 24.8. The van der Waals surface area contributed by atoms with Gasteiger partial charge in [0.05, 0.1) is 11.3 Å². The largest absolute Gasteiger partial charge is 0.573 e. The number of rotatable bonds is 4. The van der Waals surface area contributed by atoms with Crippen molar-refractivity contribution in [3.05, 3.63) is 40.5 Å². The molecule has 34 heavy (non-hydrogen) atoms. The number of amides is 4. The summed E-state index contributed by atoms with van der Waals surface area (Å²) in [5.74, 6) is -3.37. The van der Waals surface area contributed by atoms with E-state index in [1.54, 1.807) is 5.38 Å². The molecule has 1 saturated heterocycles. The summed E-state index contributed by atoms with van der Waals surface area (Å²) in [6, 6.07) is 1.27. The van der Waals surface area contributed by atoms with Crippen LogP contribution in [0.5, 0.6) is 10.8 Å². The Balaban J connectivity index is 1.50. The summed E-state index contributed by atoms with van der Waals surface area (Å²) in [5.41, 5.74) is -0.000524. The number of anilines is 1. The standard InChI is InChI=1S/C20H15F4N3O6S/c1-26(13-6-10(2-3-11(13)21)33-20(22,23)24)19(31)32-18-15-9(8-34-18)7-27(17(15)30)12-4-5-14(28)25-16(12)29/h2-3,6,8,12H,4-5,7H2,1H3,(H,25,28,29). The minimum atomic E-state index is -5.01. The maximum Gasteiger partial charge on any atom is 0.573 e. The summed E-state index contributed by atoms with van der Waals surface area (Å²) < 4.78 is 60.6. The lowest BCUT2D eigenvalue weighted by Crippen LogP contribution is -2.52. The van der Waals surface area contributed by atoms with Gasteiger partial charge in [-0.2, -0.15) is 0 Å². The number of imide groups is 1. The lowest BCUT2D eigenvalue weighted by Gasteiger charge is -2.29. The monoisotopic (exact) mass is 501 g/mol. The fourth-order valence-electron chi connectivity index (χ4n) is 3.61. The van der Waals surface area contributed by atoms with Gasteiger partial charge < -0.3 is 14.4 Å². The van der Waals surface area contributed by atoms with Crippen molar-refractivity contribution >= 4 is 40.8 Å². The number of nitrogens with zero attached hydrogens (tertiary/aromatic N) is 2. The molecule has 1 unspecified atom stereocenters. The second kappa shape index (κ2) is 8.59. The second-order valence-corrected chi connectivity index (χ2v) is 8.25. The first-order valence-corrected chi connectivity index (χ1v) is 10.6. The van der Waals surface area contributed by atoms with Gasteiger partial charge in [-0.3, -0.25) is 24.6 Å². The molecule has 2 aliphatic rings. The smallest absolute Gasteiger partial charge is 0.406 e. The molecule has 0 aliphatic carbocycles. The Morgan fingerprint density at radius 3 is 2.68 bits per heavy atom. The third kappa shape index (κ3) is 4.53. The summed E-state index contributed by atoms with van der Waals surface area (Å²) in [5, 5.41) is 3.61. The van der Waals surface area contributed by atoms with Gasteiger partial charge in [-0.25, -0.2) is 9.18 Å². The number of ether oxygens (including phenoxy) is 2. The van der Waals surface area contributed by atoms with Crippen molar-refractivity contribution in [2.75, 3.05) is 11.9 Å². The molecule has 4 amide bonds. The first-order valence-electron chi connectivity index (χ1n) is 9.70.